The lowest BCUT2D eigenvalue weighted by atomic mass is 10.1. The fourth-order valence-electron chi connectivity index (χ4n) is 1.45. The quantitative estimate of drug-likeness (QED) is 0.530. The molecule has 0 aliphatic heterocycles. The van der Waals surface area contributed by atoms with Crippen LogP contribution in [-0.4, -0.2) is 26.9 Å². The number of anilines is 1. The third-order valence-corrected chi connectivity index (χ3v) is 2.51. The van der Waals surface area contributed by atoms with Gasteiger partial charge in [0.15, 0.2) is 0 Å². The fraction of sp³-hybridized carbons (Fsp3) is 0.556. The van der Waals surface area contributed by atoms with Gasteiger partial charge in [0.25, 0.3) is 5.56 Å². The van der Waals surface area contributed by atoms with Gasteiger partial charge in [-0.3, -0.25) is 13.9 Å². The zero-order valence-electron chi connectivity index (χ0n) is 9.30. The molecule has 1 atom stereocenters. The third kappa shape index (κ3) is 2.00. The van der Waals surface area contributed by atoms with Crippen LogP contribution < -0.4 is 22.7 Å². The highest BCUT2D eigenvalue weighted by Crippen LogP contribution is 2.04. The minimum absolute atomic E-state index is 0.0944. The van der Waals surface area contributed by atoms with E-state index in [1.54, 1.807) is 0 Å². The van der Waals surface area contributed by atoms with Gasteiger partial charge in [-0.1, -0.05) is 0 Å². The molecule has 0 saturated carbocycles. The summed E-state index contributed by atoms with van der Waals surface area (Å²) in [6.45, 7) is -0.245. The van der Waals surface area contributed by atoms with E-state index in [1.165, 1.54) is 18.7 Å². The van der Waals surface area contributed by atoms with Gasteiger partial charge in [-0.05, 0) is 6.42 Å². The highest BCUT2D eigenvalue weighted by molar-refractivity contribution is 5.38. The first kappa shape index (κ1) is 12.5. The van der Waals surface area contributed by atoms with Gasteiger partial charge in [0.2, 0.25) is 0 Å². The van der Waals surface area contributed by atoms with Gasteiger partial charge in [-0.2, -0.15) is 0 Å². The Morgan fingerprint density at radius 1 is 1.31 bits per heavy atom. The Balaban J connectivity index is 3.41. The van der Waals surface area contributed by atoms with Crippen LogP contribution in [0.25, 0.3) is 0 Å². The Labute approximate surface area is 91.9 Å². The van der Waals surface area contributed by atoms with Crippen molar-refractivity contribution in [3.05, 3.63) is 26.4 Å². The Morgan fingerprint density at radius 2 is 1.88 bits per heavy atom. The molecule has 0 bridgehead atoms. The Morgan fingerprint density at radius 3 is 2.38 bits per heavy atom. The Hall–Kier alpha value is -1.60. The van der Waals surface area contributed by atoms with Gasteiger partial charge in [-0.15, -0.1) is 0 Å². The van der Waals surface area contributed by atoms with Crippen molar-refractivity contribution in [3.63, 3.8) is 0 Å². The molecule has 0 spiro atoms. The zero-order chi connectivity index (χ0) is 12.5. The smallest absolute Gasteiger partial charge is 0.332 e. The first-order chi connectivity index (χ1) is 7.40. The molecule has 1 unspecified atom stereocenters. The Kier molecular flexibility index (Phi) is 3.51. The van der Waals surface area contributed by atoms with Crippen LogP contribution in [0, 0.1) is 0 Å². The minimum atomic E-state index is -0.562. The summed E-state index contributed by atoms with van der Waals surface area (Å²) in [7, 11) is 2.85. The summed E-state index contributed by atoms with van der Waals surface area (Å²) in [5.74, 6) is 0.0944. The van der Waals surface area contributed by atoms with Gasteiger partial charge >= 0.3 is 5.69 Å². The van der Waals surface area contributed by atoms with Crippen molar-refractivity contribution in [2.24, 2.45) is 19.8 Å². The molecule has 1 aromatic rings. The van der Waals surface area contributed by atoms with E-state index in [4.69, 9.17) is 16.6 Å². The lowest BCUT2D eigenvalue weighted by Gasteiger charge is -2.13. The predicted molar refractivity (Wildman–Crippen MR) is 60.1 cm³/mol. The maximum Gasteiger partial charge on any atom is 0.332 e. The molecule has 0 fully saturated rings. The van der Waals surface area contributed by atoms with E-state index in [1.807, 2.05) is 0 Å². The van der Waals surface area contributed by atoms with Crippen molar-refractivity contribution in [2.75, 3.05) is 12.3 Å². The molecule has 1 rings (SSSR count). The molecular formula is C9H16N4O3. The van der Waals surface area contributed by atoms with Gasteiger partial charge in [0, 0.05) is 20.1 Å². The van der Waals surface area contributed by atoms with E-state index >= 15 is 0 Å². The normalized spacial score (nSPS) is 12.8. The largest absolute Gasteiger partial charge is 0.395 e. The molecule has 90 valence electrons. The van der Waals surface area contributed by atoms with Crippen LogP contribution in [0.3, 0.4) is 0 Å². The van der Waals surface area contributed by atoms with E-state index in [2.05, 4.69) is 0 Å². The molecule has 0 radical (unpaired) electrons. The van der Waals surface area contributed by atoms with Gasteiger partial charge < -0.3 is 16.6 Å². The van der Waals surface area contributed by atoms with Crippen molar-refractivity contribution in [1.82, 2.24) is 9.13 Å². The number of nitrogens with zero attached hydrogens (tertiary/aromatic N) is 2. The number of aliphatic hydroxyl groups excluding tert-OH is 1. The fourth-order valence-corrected chi connectivity index (χ4v) is 1.45. The van der Waals surface area contributed by atoms with Crippen LogP contribution in [-0.2, 0) is 20.5 Å². The van der Waals surface area contributed by atoms with E-state index in [9.17, 15) is 9.59 Å². The number of nitrogen functional groups attached to an aromatic ring is 1. The number of hydrogen-bond donors (Lipinski definition) is 3. The molecule has 7 heteroatoms. The summed E-state index contributed by atoms with van der Waals surface area (Å²) in [6.07, 6.45) is 0.142. The third-order valence-electron chi connectivity index (χ3n) is 2.51. The first-order valence-corrected chi connectivity index (χ1v) is 4.81. The molecule has 1 heterocycles. The van der Waals surface area contributed by atoms with Crippen LogP contribution in [0.4, 0.5) is 5.82 Å². The second-order valence-corrected chi connectivity index (χ2v) is 3.72. The van der Waals surface area contributed by atoms with Gasteiger partial charge in [0.05, 0.1) is 12.2 Å². The van der Waals surface area contributed by atoms with Crippen molar-refractivity contribution in [3.8, 4) is 0 Å². The van der Waals surface area contributed by atoms with Crippen LogP contribution in [0.2, 0.25) is 0 Å². The summed E-state index contributed by atoms with van der Waals surface area (Å²) in [5.41, 5.74) is 10.5. The van der Waals surface area contributed by atoms with Crippen molar-refractivity contribution in [1.29, 1.82) is 0 Å². The molecule has 16 heavy (non-hydrogen) atoms. The zero-order valence-corrected chi connectivity index (χ0v) is 9.30. The molecule has 0 amide bonds. The highest BCUT2D eigenvalue weighted by atomic mass is 16.3. The SMILES string of the molecule is Cn1c(N)c(CC(N)CO)c(=O)n(C)c1=O. The number of aromatic nitrogens is 2. The average molecular weight is 228 g/mol. The predicted octanol–water partition coefficient (Wildman–Crippen LogP) is -2.47. The first-order valence-electron chi connectivity index (χ1n) is 4.81. The van der Waals surface area contributed by atoms with E-state index < -0.39 is 17.3 Å². The summed E-state index contributed by atoms with van der Waals surface area (Å²) in [4.78, 5) is 23.2. The number of nitrogens with two attached hydrogens (primary N) is 2. The molecule has 0 aliphatic rings. The highest BCUT2D eigenvalue weighted by Gasteiger charge is 2.15. The second-order valence-electron chi connectivity index (χ2n) is 3.72. The lowest BCUT2D eigenvalue weighted by molar-refractivity contribution is 0.265. The molecule has 7 nitrogen and oxygen atoms in total. The number of rotatable bonds is 3. The van der Waals surface area contributed by atoms with Crippen molar-refractivity contribution < 1.29 is 5.11 Å². The van der Waals surface area contributed by atoms with E-state index in [0.717, 1.165) is 4.57 Å². The van der Waals surface area contributed by atoms with Crippen LogP contribution in [0.15, 0.2) is 9.59 Å². The standard InChI is InChI=1S/C9H16N4O3/c1-12-7(11)6(3-5(10)4-14)8(15)13(2)9(12)16/h5,14H,3-4,10-11H2,1-2H3. The maximum atomic E-state index is 11.7. The molecule has 0 aliphatic carbocycles. The van der Waals surface area contributed by atoms with Gasteiger partial charge in [-0.25, -0.2) is 4.79 Å². The number of hydrogen-bond acceptors (Lipinski definition) is 5. The monoisotopic (exact) mass is 228 g/mol. The second kappa shape index (κ2) is 4.50. The van der Waals surface area contributed by atoms with Crippen LogP contribution in [0.5, 0.6) is 0 Å². The molecular weight excluding hydrogens is 212 g/mol. The van der Waals surface area contributed by atoms with Gasteiger partial charge in [0.1, 0.15) is 5.82 Å². The average Bonchev–Trinajstić information content (AvgIpc) is 2.29. The molecule has 1 aromatic heterocycles. The van der Waals surface area contributed by atoms with E-state index in [-0.39, 0.29) is 24.4 Å². The molecule has 5 N–H and O–H groups in total. The van der Waals surface area contributed by atoms with E-state index in [0.29, 0.717) is 0 Å². The lowest BCUT2D eigenvalue weighted by Crippen LogP contribution is -2.42. The topological polar surface area (TPSA) is 116 Å². The van der Waals surface area contributed by atoms with Crippen molar-refractivity contribution >= 4 is 5.82 Å². The summed E-state index contributed by atoms with van der Waals surface area (Å²) < 4.78 is 2.15. The van der Waals surface area contributed by atoms with Crippen LogP contribution >= 0.6 is 0 Å². The molecule has 0 aromatic carbocycles. The van der Waals surface area contributed by atoms with Crippen molar-refractivity contribution in [2.45, 2.75) is 12.5 Å². The summed E-state index contributed by atoms with van der Waals surface area (Å²) in [6, 6.07) is -0.562. The van der Waals surface area contributed by atoms with Crippen LogP contribution in [0.1, 0.15) is 5.56 Å². The molecule has 0 saturated heterocycles. The minimum Gasteiger partial charge on any atom is -0.395 e. The Bertz CT molecular complexity index is 503. The maximum absolute atomic E-state index is 11.7. The summed E-state index contributed by atoms with van der Waals surface area (Å²) >= 11 is 0. The summed E-state index contributed by atoms with van der Waals surface area (Å²) in [5, 5.41) is 8.83. The number of aliphatic hydroxyl groups is 1.